The highest BCUT2D eigenvalue weighted by molar-refractivity contribution is 7.83. The Hall–Kier alpha value is -2.26. The molecule has 2 aromatic carbocycles. The quantitative estimate of drug-likeness (QED) is 0.0666. The molecule has 0 bridgehead atoms. The van der Waals surface area contributed by atoms with E-state index in [2.05, 4.69) is 12.6 Å². The first-order chi connectivity index (χ1) is 20.5. The number of aromatic hydroxyl groups is 2. The van der Waals surface area contributed by atoms with Crippen molar-refractivity contribution in [1.29, 1.82) is 0 Å². The number of phenolic OH excluding ortho intramolecular Hbond substituents is 2. The molecular formula is C34H45F5O3S. The smallest absolute Gasteiger partial charge is 0.453 e. The molecule has 3 unspecified atom stereocenters. The van der Waals surface area contributed by atoms with E-state index < -0.39 is 18.5 Å². The molecule has 2 aliphatic rings. The topological polar surface area (TPSA) is 53.0 Å². The van der Waals surface area contributed by atoms with Gasteiger partial charge in [0.25, 0.3) is 0 Å². The molecule has 43 heavy (non-hydrogen) atoms. The Morgan fingerprint density at radius 1 is 0.767 bits per heavy atom. The normalized spacial score (nSPS) is 18.2. The van der Waals surface area contributed by atoms with E-state index in [0.717, 1.165) is 31.4 Å². The Labute approximate surface area is 258 Å². The number of halogens is 5. The zero-order chi connectivity index (χ0) is 31.3. The maximum atomic E-state index is 12.9. The Kier molecular flexibility index (Phi) is 14.2. The molecule has 0 amide bonds. The van der Waals surface area contributed by atoms with Crippen molar-refractivity contribution in [3.63, 3.8) is 0 Å². The van der Waals surface area contributed by atoms with Gasteiger partial charge < -0.3 is 14.9 Å². The van der Waals surface area contributed by atoms with Gasteiger partial charge in [-0.05, 0) is 84.0 Å². The fourth-order valence-corrected chi connectivity index (χ4v) is 5.80. The van der Waals surface area contributed by atoms with Crippen LogP contribution < -0.4 is 0 Å². The van der Waals surface area contributed by atoms with Crippen molar-refractivity contribution >= 4 is 18.7 Å². The third kappa shape index (κ3) is 12.7. The van der Waals surface area contributed by atoms with Crippen molar-refractivity contribution in [2.45, 2.75) is 114 Å². The van der Waals surface area contributed by atoms with Gasteiger partial charge in [-0.3, -0.25) is 0 Å². The van der Waals surface area contributed by atoms with E-state index in [4.69, 9.17) is 9.84 Å². The number of hydrogen-bond acceptors (Lipinski definition) is 4. The van der Waals surface area contributed by atoms with Crippen LogP contribution in [-0.4, -0.2) is 35.0 Å². The van der Waals surface area contributed by atoms with Gasteiger partial charge in [0, 0.05) is 12.3 Å². The van der Waals surface area contributed by atoms with Gasteiger partial charge in [-0.1, -0.05) is 76.0 Å². The summed E-state index contributed by atoms with van der Waals surface area (Å²) >= 11 is 3.91. The third-order valence-corrected chi connectivity index (χ3v) is 8.48. The molecule has 1 aliphatic heterocycles. The third-order valence-electron chi connectivity index (χ3n) is 8.33. The average Bonchev–Trinajstić information content (AvgIpc) is 3.88. The Morgan fingerprint density at radius 3 is 1.88 bits per heavy atom. The molecule has 1 aliphatic carbocycles. The SMILES string of the molecule is Oc1ccc(/C=C/S)cc1.Oc1ccc2c(c1)C2CCCCCCCCCC(CCCCCC(F)(F)C(F)(F)F)C1CO1. The minimum atomic E-state index is -5.44. The first-order valence-corrected chi connectivity index (χ1v) is 16.0. The van der Waals surface area contributed by atoms with Crippen LogP contribution in [0.25, 0.3) is 6.08 Å². The van der Waals surface area contributed by atoms with E-state index in [1.807, 2.05) is 30.3 Å². The van der Waals surface area contributed by atoms with E-state index in [1.54, 1.807) is 23.6 Å². The fraction of sp³-hybridized carbons (Fsp3) is 0.588. The van der Waals surface area contributed by atoms with Crippen LogP contribution in [0.2, 0.25) is 0 Å². The second kappa shape index (κ2) is 17.3. The van der Waals surface area contributed by atoms with Crippen LogP contribution in [0.15, 0.2) is 47.9 Å². The molecular weight excluding hydrogens is 583 g/mol. The number of phenols is 2. The van der Waals surface area contributed by atoms with Crippen LogP contribution in [0.4, 0.5) is 22.0 Å². The molecule has 3 nitrogen and oxygen atoms in total. The average molecular weight is 629 g/mol. The van der Waals surface area contributed by atoms with Crippen LogP contribution in [0, 0.1) is 5.92 Å². The molecule has 0 aromatic heterocycles. The van der Waals surface area contributed by atoms with Crippen LogP contribution in [0.5, 0.6) is 11.5 Å². The fourth-order valence-electron chi connectivity index (χ4n) is 5.62. The maximum Gasteiger partial charge on any atom is 0.453 e. The van der Waals surface area contributed by atoms with Gasteiger partial charge in [0.05, 0.1) is 12.7 Å². The number of fused-ring (bicyclic) bond motifs is 1. The lowest BCUT2D eigenvalue weighted by atomic mass is 9.91. The lowest BCUT2D eigenvalue weighted by molar-refractivity contribution is -0.284. The lowest BCUT2D eigenvalue weighted by Gasteiger charge is -2.19. The van der Waals surface area contributed by atoms with E-state index in [1.165, 1.54) is 56.1 Å². The van der Waals surface area contributed by atoms with Crippen LogP contribution in [0.3, 0.4) is 0 Å². The summed E-state index contributed by atoms with van der Waals surface area (Å²) < 4.78 is 67.9. The Balaban J connectivity index is 0.000000428. The van der Waals surface area contributed by atoms with Crippen molar-refractivity contribution in [2.24, 2.45) is 5.92 Å². The number of unbranched alkanes of at least 4 members (excludes halogenated alkanes) is 8. The van der Waals surface area contributed by atoms with E-state index in [-0.39, 0.29) is 18.3 Å². The molecule has 1 fully saturated rings. The van der Waals surface area contributed by atoms with Crippen molar-refractivity contribution in [2.75, 3.05) is 6.61 Å². The Bertz CT molecular complexity index is 1120. The molecule has 1 saturated heterocycles. The van der Waals surface area contributed by atoms with Crippen molar-refractivity contribution in [3.05, 3.63) is 64.6 Å². The van der Waals surface area contributed by atoms with Gasteiger partial charge in [0.2, 0.25) is 0 Å². The van der Waals surface area contributed by atoms with Gasteiger partial charge in [-0.15, -0.1) is 0 Å². The first kappa shape index (κ1) is 35.2. The van der Waals surface area contributed by atoms with E-state index >= 15 is 0 Å². The number of thiol groups is 1. The highest BCUT2D eigenvalue weighted by Gasteiger charge is 2.56. The number of alkyl halides is 5. The summed E-state index contributed by atoms with van der Waals surface area (Å²) in [5.41, 5.74) is 3.73. The zero-order valence-corrected chi connectivity index (χ0v) is 25.6. The number of ether oxygens (including phenoxy) is 1. The second-order valence-corrected chi connectivity index (χ2v) is 12.1. The Morgan fingerprint density at radius 2 is 1.33 bits per heavy atom. The maximum absolute atomic E-state index is 12.9. The molecule has 3 atom stereocenters. The molecule has 240 valence electrons. The molecule has 9 heteroatoms. The molecule has 1 heterocycles. The molecule has 0 radical (unpaired) electrons. The number of hydrogen-bond donors (Lipinski definition) is 3. The summed E-state index contributed by atoms with van der Waals surface area (Å²) in [6.07, 6.45) is 8.07. The van der Waals surface area contributed by atoms with Gasteiger partial charge in [-0.2, -0.15) is 34.6 Å². The molecule has 4 rings (SSSR count). The van der Waals surface area contributed by atoms with Gasteiger partial charge >= 0.3 is 12.1 Å². The predicted octanol–water partition coefficient (Wildman–Crippen LogP) is 10.8. The van der Waals surface area contributed by atoms with E-state index in [9.17, 15) is 27.1 Å². The lowest BCUT2D eigenvalue weighted by Crippen LogP contribution is -2.36. The van der Waals surface area contributed by atoms with Crippen LogP contribution in [0.1, 0.15) is 112 Å². The molecule has 0 spiro atoms. The number of benzene rings is 2. The summed E-state index contributed by atoms with van der Waals surface area (Å²) in [5, 5.41) is 20.0. The highest BCUT2D eigenvalue weighted by atomic mass is 32.1. The number of rotatable bonds is 18. The van der Waals surface area contributed by atoms with Crippen molar-refractivity contribution < 1.29 is 36.9 Å². The van der Waals surface area contributed by atoms with Gasteiger partial charge in [0.1, 0.15) is 11.5 Å². The van der Waals surface area contributed by atoms with Crippen molar-refractivity contribution in [3.8, 4) is 11.5 Å². The minimum absolute atomic E-state index is 0.0972. The summed E-state index contributed by atoms with van der Waals surface area (Å²) in [6, 6.07) is 12.6. The summed E-state index contributed by atoms with van der Waals surface area (Å²) in [7, 11) is 0. The monoisotopic (exact) mass is 628 g/mol. The molecule has 2 N–H and O–H groups in total. The zero-order valence-electron chi connectivity index (χ0n) is 24.7. The van der Waals surface area contributed by atoms with Crippen molar-refractivity contribution in [1.82, 2.24) is 0 Å². The standard InChI is InChI=1S/C26H37F5O2.C8H8OS/c27-25(28,26(29,30)31)16-10-6-8-12-19(24-18-33-24)11-7-4-2-1-3-5-9-13-21-22-15-14-20(32)17-23(21)22;9-8-3-1-7(2-4-8)5-6-10/h14-15,17,19,21,24,32H,1-13,16,18H2;1-6,9-10H/b;6-5+. The van der Waals surface area contributed by atoms with Crippen LogP contribution in [-0.2, 0) is 4.74 Å². The summed E-state index contributed by atoms with van der Waals surface area (Å²) in [6.45, 7) is 0.751. The minimum Gasteiger partial charge on any atom is -0.508 e. The van der Waals surface area contributed by atoms with Gasteiger partial charge in [0.15, 0.2) is 0 Å². The highest BCUT2D eigenvalue weighted by Crippen LogP contribution is 2.48. The first-order valence-electron chi connectivity index (χ1n) is 15.5. The van der Waals surface area contributed by atoms with E-state index in [0.29, 0.717) is 30.4 Å². The largest absolute Gasteiger partial charge is 0.508 e. The second-order valence-electron chi connectivity index (χ2n) is 11.8. The molecule has 0 saturated carbocycles. The summed E-state index contributed by atoms with van der Waals surface area (Å²) in [5.74, 6) is -2.95. The van der Waals surface area contributed by atoms with Gasteiger partial charge in [-0.25, -0.2) is 0 Å². The number of epoxide rings is 1. The predicted molar refractivity (Wildman–Crippen MR) is 165 cm³/mol. The summed E-state index contributed by atoms with van der Waals surface area (Å²) in [4.78, 5) is 0. The van der Waals surface area contributed by atoms with Crippen LogP contribution >= 0.6 is 12.6 Å². The molecule has 2 aromatic rings.